The number of imidazole rings is 1. The Labute approximate surface area is 122 Å². The monoisotopic (exact) mass is 288 g/mol. The second kappa shape index (κ2) is 4.84. The topological polar surface area (TPSA) is 102 Å². The molecule has 0 bridgehead atoms. The Morgan fingerprint density at radius 2 is 2.14 bits per heavy atom. The number of anilines is 2. The van der Waals surface area contributed by atoms with Crippen LogP contribution in [0, 0.1) is 5.92 Å². The number of hydrogen-bond acceptors (Lipinski definition) is 6. The molecule has 112 valence electrons. The van der Waals surface area contributed by atoms with E-state index < -0.39 is 0 Å². The Bertz CT molecular complexity index is 665. The van der Waals surface area contributed by atoms with E-state index in [1.54, 1.807) is 0 Å². The second-order valence-corrected chi connectivity index (χ2v) is 6.19. The molecule has 2 unspecified atom stereocenters. The first kappa shape index (κ1) is 12.8. The van der Waals surface area contributed by atoms with Gasteiger partial charge >= 0.3 is 0 Å². The minimum absolute atomic E-state index is 0.259. The fourth-order valence-corrected chi connectivity index (χ4v) is 3.19. The lowest BCUT2D eigenvalue weighted by Gasteiger charge is -2.13. The summed E-state index contributed by atoms with van der Waals surface area (Å²) in [4.78, 5) is 13.2. The average Bonchev–Trinajstić information content (AvgIpc) is 3.01. The van der Waals surface area contributed by atoms with Crippen LogP contribution >= 0.6 is 0 Å². The van der Waals surface area contributed by atoms with Gasteiger partial charge in [-0.1, -0.05) is 0 Å². The van der Waals surface area contributed by atoms with Crippen molar-refractivity contribution >= 4 is 22.9 Å². The van der Waals surface area contributed by atoms with E-state index in [0.717, 1.165) is 36.2 Å². The number of fused-ring (bicyclic) bond motifs is 1. The molecular formula is C14H20N6O. The standard InChI is InChI=1S/C14H20N6O/c15-14-18-12(17-9-2-3-9)11-13(19-14)20(7-16-11)10-4-1-8(5-10)6-21/h7-10,21H,1-6H2,(H3,15,17,18,19). The summed E-state index contributed by atoms with van der Waals surface area (Å²) in [6, 6.07) is 0.841. The summed E-state index contributed by atoms with van der Waals surface area (Å²) in [5, 5.41) is 12.7. The lowest BCUT2D eigenvalue weighted by atomic mass is 10.1. The molecule has 0 radical (unpaired) electrons. The normalized spacial score (nSPS) is 25.6. The maximum atomic E-state index is 9.31. The number of aliphatic hydroxyl groups is 1. The smallest absolute Gasteiger partial charge is 0.224 e. The summed E-state index contributed by atoms with van der Waals surface area (Å²) in [6.07, 6.45) is 7.25. The summed E-state index contributed by atoms with van der Waals surface area (Å²) in [5.41, 5.74) is 7.45. The Hall–Kier alpha value is -1.89. The van der Waals surface area contributed by atoms with Gasteiger partial charge < -0.3 is 20.7 Å². The molecule has 2 heterocycles. The number of nitrogens with two attached hydrogens (primary N) is 1. The van der Waals surface area contributed by atoms with Gasteiger partial charge in [-0.2, -0.15) is 9.97 Å². The van der Waals surface area contributed by atoms with E-state index in [-0.39, 0.29) is 12.6 Å². The van der Waals surface area contributed by atoms with E-state index >= 15 is 0 Å². The molecule has 0 saturated heterocycles. The second-order valence-electron chi connectivity index (χ2n) is 6.19. The van der Waals surface area contributed by atoms with Crippen LogP contribution in [0.4, 0.5) is 11.8 Å². The van der Waals surface area contributed by atoms with Gasteiger partial charge in [0.05, 0.1) is 6.33 Å². The van der Waals surface area contributed by atoms with Crippen LogP contribution in [0.3, 0.4) is 0 Å². The SMILES string of the molecule is Nc1nc(NC2CC2)c2ncn(C3CCC(CO)C3)c2n1. The van der Waals surface area contributed by atoms with Crippen LogP contribution in [0.25, 0.3) is 11.2 Å². The number of hydrogen-bond donors (Lipinski definition) is 3. The fourth-order valence-electron chi connectivity index (χ4n) is 3.19. The van der Waals surface area contributed by atoms with Crippen molar-refractivity contribution in [1.29, 1.82) is 0 Å². The van der Waals surface area contributed by atoms with Gasteiger partial charge in [-0.3, -0.25) is 0 Å². The van der Waals surface area contributed by atoms with E-state index in [4.69, 9.17) is 5.73 Å². The van der Waals surface area contributed by atoms with Crippen LogP contribution in [0.15, 0.2) is 6.33 Å². The summed E-state index contributed by atoms with van der Waals surface area (Å²) in [6.45, 7) is 0.259. The van der Waals surface area contributed by atoms with E-state index in [2.05, 4.69) is 24.8 Å². The van der Waals surface area contributed by atoms with Crippen molar-refractivity contribution < 1.29 is 5.11 Å². The number of aliphatic hydroxyl groups excluding tert-OH is 1. The fraction of sp³-hybridized carbons (Fsp3) is 0.643. The van der Waals surface area contributed by atoms with Crippen molar-refractivity contribution in [1.82, 2.24) is 19.5 Å². The first-order chi connectivity index (χ1) is 10.2. The summed E-state index contributed by atoms with van der Waals surface area (Å²) in [5.74, 6) is 1.41. The predicted molar refractivity (Wildman–Crippen MR) is 79.8 cm³/mol. The highest BCUT2D eigenvalue weighted by molar-refractivity contribution is 5.84. The van der Waals surface area contributed by atoms with Gasteiger partial charge in [0.15, 0.2) is 17.0 Å². The Morgan fingerprint density at radius 3 is 2.86 bits per heavy atom. The highest BCUT2D eigenvalue weighted by Gasteiger charge is 2.28. The third kappa shape index (κ3) is 2.31. The van der Waals surface area contributed by atoms with Crippen molar-refractivity contribution in [2.24, 2.45) is 5.92 Å². The molecular weight excluding hydrogens is 268 g/mol. The zero-order chi connectivity index (χ0) is 14.4. The number of rotatable bonds is 4. The van der Waals surface area contributed by atoms with Crippen molar-refractivity contribution in [3.05, 3.63) is 6.33 Å². The minimum Gasteiger partial charge on any atom is -0.396 e. The van der Waals surface area contributed by atoms with Crippen LogP contribution in [-0.4, -0.2) is 37.3 Å². The molecule has 2 fully saturated rings. The lowest BCUT2D eigenvalue weighted by Crippen LogP contribution is -2.10. The van der Waals surface area contributed by atoms with Crippen LogP contribution in [0.1, 0.15) is 38.1 Å². The van der Waals surface area contributed by atoms with E-state index in [1.165, 1.54) is 12.8 Å². The molecule has 21 heavy (non-hydrogen) atoms. The molecule has 2 atom stereocenters. The highest BCUT2D eigenvalue weighted by atomic mass is 16.3. The van der Waals surface area contributed by atoms with E-state index in [0.29, 0.717) is 18.0 Å². The van der Waals surface area contributed by atoms with E-state index in [9.17, 15) is 5.11 Å². The third-order valence-corrected chi connectivity index (χ3v) is 4.52. The summed E-state index contributed by atoms with van der Waals surface area (Å²) in [7, 11) is 0. The molecule has 4 N–H and O–H groups in total. The molecule has 0 aliphatic heterocycles. The Morgan fingerprint density at radius 1 is 1.29 bits per heavy atom. The van der Waals surface area contributed by atoms with Crippen LogP contribution in [-0.2, 0) is 0 Å². The number of nitrogens with zero attached hydrogens (tertiary/aromatic N) is 4. The number of aromatic nitrogens is 4. The van der Waals surface area contributed by atoms with Crippen LogP contribution < -0.4 is 11.1 Å². The molecule has 7 nitrogen and oxygen atoms in total. The predicted octanol–water partition coefficient (Wildman–Crippen LogP) is 1.32. The molecule has 7 heteroatoms. The lowest BCUT2D eigenvalue weighted by molar-refractivity contribution is 0.226. The molecule has 2 aliphatic rings. The maximum absolute atomic E-state index is 9.31. The molecule has 2 aromatic rings. The summed E-state index contributed by atoms with van der Waals surface area (Å²) < 4.78 is 2.10. The van der Waals surface area contributed by atoms with Gasteiger partial charge in [0.1, 0.15) is 0 Å². The van der Waals surface area contributed by atoms with Crippen molar-refractivity contribution in [2.45, 2.75) is 44.2 Å². The highest BCUT2D eigenvalue weighted by Crippen LogP contribution is 2.36. The number of nitrogen functional groups attached to an aromatic ring is 1. The van der Waals surface area contributed by atoms with Gasteiger partial charge in [-0.05, 0) is 38.0 Å². The Kier molecular flexibility index (Phi) is 2.95. The van der Waals surface area contributed by atoms with Gasteiger partial charge in [0, 0.05) is 18.7 Å². The van der Waals surface area contributed by atoms with E-state index in [1.807, 2.05) is 6.33 Å². The zero-order valence-electron chi connectivity index (χ0n) is 11.9. The Balaban J connectivity index is 1.71. The van der Waals surface area contributed by atoms with Gasteiger partial charge in [-0.15, -0.1) is 0 Å². The van der Waals surface area contributed by atoms with Crippen LogP contribution in [0.2, 0.25) is 0 Å². The van der Waals surface area contributed by atoms with Gasteiger partial charge in [0.2, 0.25) is 5.95 Å². The molecule has 2 aromatic heterocycles. The largest absolute Gasteiger partial charge is 0.396 e. The quantitative estimate of drug-likeness (QED) is 0.784. The van der Waals surface area contributed by atoms with Crippen LogP contribution in [0.5, 0.6) is 0 Å². The van der Waals surface area contributed by atoms with Gasteiger partial charge in [-0.25, -0.2) is 4.98 Å². The molecule has 0 spiro atoms. The molecule has 0 aromatic carbocycles. The molecule has 2 saturated carbocycles. The van der Waals surface area contributed by atoms with Crippen molar-refractivity contribution in [3.8, 4) is 0 Å². The number of nitrogens with one attached hydrogen (secondary N) is 1. The van der Waals surface area contributed by atoms with Crippen molar-refractivity contribution in [2.75, 3.05) is 17.7 Å². The minimum atomic E-state index is 0.259. The molecule has 2 aliphatic carbocycles. The molecule has 0 amide bonds. The maximum Gasteiger partial charge on any atom is 0.224 e. The zero-order valence-corrected chi connectivity index (χ0v) is 11.9. The van der Waals surface area contributed by atoms with Crippen molar-refractivity contribution in [3.63, 3.8) is 0 Å². The molecule has 4 rings (SSSR count). The average molecular weight is 288 g/mol. The third-order valence-electron chi connectivity index (χ3n) is 4.52. The van der Waals surface area contributed by atoms with Gasteiger partial charge in [0.25, 0.3) is 0 Å². The first-order valence-corrected chi connectivity index (χ1v) is 7.62. The first-order valence-electron chi connectivity index (χ1n) is 7.62. The summed E-state index contributed by atoms with van der Waals surface area (Å²) >= 11 is 0.